The highest BCUT2D eigenvalue weighted by molar-refractivity contribution is 8.00. The van der Waals surface area contributed by atoms with E-state index in [0.29, 0.717) is 10.2 Å². The van der Waals surface area contributed by atoms with Crippen LogP contribution in [0.3, 0.4) is 0 Å². The molecule has 2 aliphatic heterocycles. The van der Waals surface area contributed by atoms with Crippen molar-refractivity contribution in [1.82, 2.24) is 10.2 Å². The van der Waals surface area contributed by atoms with Crippen LogP contribution in [0.1, 0.15) is 33.6 Å². The molecule has 0 amide bonds. The Morgan fingerprint density at radius 3 is 2.79 bits per heavy atom. The van der Waals surface area contributed by atoms with Crippen molar-refractivity contribution in [3.8, 4) is 0 Å². The minimum absolute atomic E-state index is 0.356. The average Bonchev–Trinajstić information content (AvgIpc) is 2.75. The molecule has 112 valence electrons. The van der Waals surface area contributed by atoms with Crippen molar-refractivity contribution >= 4 is 11.8 Å². The maximum atomic E-state index is 5.70. The van der Waals surface area contributed by atoms with E-state index in [1.165, 1.54) is 38.2 Å². The molecule has 2 heterocycles. The van der Waals surface area contributed by atoms with E-state index in [1.54, 1.807) is 0 Å². The van der Waals surface area contributed by atoms with Crippen LogP contribution in [0.5, 0.6) is 0 Å². The van der Waals surface area contributed by atoms with Crippen LogP contribution < -0.4 is 5.32 Å². The number of nitrogens with one attached hydrogen (secondary N) is 1. The van der Waals surface area contributed by atoms with Gasteiger partial charge in [0.25, 0.3) is 0 Å². The van der Waals surface area contributed by atoms with E-state index in [4.69, 9.17) is 4.74 Å². The first-order chi connectivity index (χ1) is 9.05. The van der Waals surface area contributed by atoms with Crippen molar-refractivity contribution in [3.63, 3.8) is 0 Å². The highest BCUT2D eigenvalue weighted by Gasteiger charge is 2.37. The Hall–Kier alpha value is 0.230. The fraction of sp³-hybridized carbons (Fsp3) is 1.00. The monoisotopic (exact) mass is 286 g/mol. The lowest BCUT2D eigenvalue weighted by Gasteiger charge is -2.34. The average molecular weight is 286 g/mol. The van der Waals surface area contributed by atoms with Gasteiger partial charge in [-0.15, -0.1) is 0 Å². The van der Waals surface area contributed by atoms with E-state index in [9.17, 15) is 0 Å². The van der Waals surface area contributed by atoms with Crippen LogP contribution >= 0.6 is 11.8 Å². The highest BCUT2D eigenvalue weighted by atomic mass is 32.2. The largest absolute Gasteiger partial charge is 0.381 e. The topological polar surface area (TPSA) is 24.5 Å². The summed E-state index contributed by atoms with van der Waals surface area (Å²) in [6, 6.07) is 0. The number of hydrogen-bond acceptors (Lipinski definition) is 4. The third kappa shape index (κ3) is 4.62. The van der Waals surface area contributed by atoms with Crippen molar-refractivity contribution in [1.29, 1.82) is 0 Å². The van der Waals surface area contributed by atoms with E-state index < -0.39 is 0 Å². The molecule has 3 nitrogen and oxygen atoms in total. The minimum Gasteiger partial charge on any atom is -0.381 e. The predicted molar refractivity (Wildman–Crippen MR) is 84.0 cm³/mol. The molecule has 0 radical (unpaired) electrons. The molecular formula is C15H30N2OS. The van der Waals surface area contributed by atoms with Gasteiger partial charge in [-0.2, -0.15) is 11.8 Å². The normalized spacial score (nSPS) is 32.4. The van der Waals surface area contributed by atoms with Crippen LogP contribution in [-0.4, -0.2) is 61.3 Å². The molecule has 0 saturated carbocycles. The molecule has 0 spiro atoms. The molecule has 1 unspecified atom stereocenters. The molecule has 0 aromatic carbocycles. The van der Waals surface area contributed by atoms with Crippen LogP contribution in [0.25, 0.3) is 0 Å². The third-order valence-electron chi connectivity index (χ3n) is 4.42. The summed E-state index contributed by atoms with van der Waals surface area (Å²) in [6.07, 6.45) is 2.52. The van der Waals surface area contributed by atoms with Gasteiger partial charge in [0, 0.05) is 42.2 Å². The number of nitrogens with zero attached hydrogens (tertiary/aromatic N) is 1. The van der Waals surface area contributed by atoms with Gasteiger partial charge in [0.05, 0.1) is 6.61 Å². The summed E-state index contributed by atoms with van der Waals surface area (Å²) in [5, 5.41) is 3.54. The second-order valence-corrected chi connectivity index (χ2v) is 8.52. The zero-order valence-electron chi connectivity index (χ0n) is 12.8. The van der Waals surface area contributed by atoms with Gasteiger partial charge in [-0.05, 0) is 25.9 Å². The fourth-order valence-electron chi connectivity index (χ4n) is 3.05. The number of hydrogen-bond donors (Lipinski definition) is 1. The highest BCUT2D eigenvalue weighted by Crippen LogP contribution is 2.34. The quantitative estimate of drug-likeness (QED) is 0.837. The molecule has 0 aliphatic carbocycles. The third-order valence-corrected chi connectivity index (χ3v) is 5.80. The van der Waals surface area contributed by atoms with Crippen molar-refractivity contribution in [2.45, 2.75) is 38.4 Å². The summed E-state index contributed by atoms with van der Waals surface area (Å²) in [6.45, 7) is 14.7. The smallest absolute Gasteiger partial charge is 0.0547 e. The summed E-state index contributed by atoms with van der Waals surface area (Å²) in [7, 11) is 0. The van der Waals surface area contributed by atoms with Crippen LogP contribution in [0.15, 0.2) is 0 Å². The first kappa shape index (κ1) is 15.6. The Bertz CT molecular complexity index is 277. The number of thioether (sulfide) groups is 1. The standard InChI is InChI=1S/C15H30N2OS/c1-4-16-11-15(6-9-18-13-15)12-17-7-5-14(2,3)19-10-8-17/h16H,4-13H2,1-3H3. The summed E-state index contributed by atoms with van der Waals surface area (Å²) in [5.41, 5.74) is 0.356. The minimum atomic E-state index is 0.356. The van der Waals surface area contributed by atoms with Crippen LogP contribution in [0, 0.1) is 5.41 Å². The van der Waals surface area contributed by atoms with Gasteiger partial charge in [-0.1, -0.05) is 20.8 Å². The second-order valence-electron chi connectivity index (χ2n) is 6.72. The molecule has 1 N–H and O–H groups in total. The zero-order valence-corrected chi connectivity index (χ0v) is 13.7. The molecule has 0 bridgehead atoms. The maximum absolute atomic E-state index is 5.70. The number of ether oxygens (including phenoxy) is 1. The summed E-state index contributed by atoms with van der Waals surface area (Å²) >= 11 is 2.13. The predicted octanol–water partition coefficient (Wildman–Crippen LogP) is 2.22. The van der Waals surface area contributed by atoms with E-state index in [1.807, 2.05) is 0 Å². The van der Waals surface area contributed by atoms with Gasteiger partial charge in [0.2, 0.25) is 0 Å². The van der Waals surface area contributed by atoms with Crippen LogP contribution in [0.2, 0.25) is 0 Å². The molecule has 2 rings (SSSR count). The summed E-state index contributed by atoms with van der Waals surface area (Å²) in [5.74, 6) is 1.27. The van der Waals surface area contributed by atoms with Gasteiger partial charge in [-0.3, -0.25) is 0 Å². The fourth-order valence-corrected chi connectivity index (χ4v) is 4.19. The molecule has 2 fully saturated rings. The van der Waals surface area contributed by atoms with Crippen molar-refractivity contribution < 1.29 is 4.74 Å². The van der Waals surface area contributed by atoms with Gasteiger partial charge in [0.1, 0.15) is 0 Å². The molecule has 2 saturated heterocycles. The Morgan fingerprint density at radius 1 is 1.26 bits per heavy atom. The summed E-state index contributed by atoms with van der Waals surface area (Å²) in [4.78, 5) is 2.67. The lowest BCUT2D eigenvalue weighted by Crippen LogP contribution is -2.45. The Kier molecular flexibility index (Phi) is 5.58. The maximum Gasteiger partial charge on any atom is 0.0547 e. The number of rotatable bonds is 5. The first-order valence-corrected chi connectivity index (χ1v) is 8.69. The Labute approximate surface area is 122 Å². The molecule has 2 aliphatic rings. The van der Waals surface area contributed by atoms with Crippen molar-refractivity contribution in [2.24, 2.45) is 5.41 Å². The van der Waals surface area contributed by atoms with E-state index >= 15 is 0 Å². The molecular weight excluding hydrogens is 256 g/mol. The Balaban J connectivity index is 1.90. The molecule has 0 aromatic rings. The van der Waals surface area contributed by atoms with Crippen LogP contribution in [-0.2, 0) is 4.74 Å². The Morgan fingerprint density at radius 2 is 2.11 bits per heavy atom. The van der Waals surface area contributed by atoms with E-state index in [0.717, 1.165) is 26.3 Å². The van der Waals surface area contributed by atoms with Gasteiger partial charge in [-0.25, -0.2) is 0 Å². The second kappa shape index (κ2) is 6.79. The lowest BCUT2D eigenvalue weighted by molar-refractivity contribution is 0.111. The molecule has 1 atom stereocenters. The lowest BCUT2D eigenvalue weighted by atomic mass is 9.86. The molecule has 19 heavy (non-hydrogen) atoms. The SMILES string of the molecule is CCNCC1(CN2CCSC(C)(C)CC2)CCOC1. The zero-order chi connectivity index (χ0) is 13.8. The van der Waals surface area contributed by atoms with E-state index in [-0.39, 0.29) is 0 Å². The van der Waals surface area contributed by atoms with Gasteiger partial charge >= 0.3 is 0 Å². The summed E-state index contributed by atoms with van der Waals surface area (Å²) < 4.78 is 6.15. The van der Waals surface area contributed by atoms with Crippen molar-refractivity contribution in [3.05, 3.63) is 0 Å². The van der Waals surface area contributed by atoms with Crippen molar-refractivity contribution in [2.75, 3.05) is 51.7 Å². The first-order valence-electron chi connectivity index (χ1n) is 7.70. The van der Waals surface area contributed by atoms with E-state index in [2.05, 4.69) is 42.7 Å². The van der Waals surface area contributed by atoms with Gasteiger partial charge in [0.15, 0.2) is 0 Å². The van der Waals surface area contributed by atoms with Crippen LogP contribution in [0.4, 0.5) is 0 Å². The van der Waals surface area contributed by atoms with Gasteiger partial charge < -0.3 is 15.0 Å². The molecule has 0 aromatic heterocycles. The molecule has 4 heteroatoms.